The molecule has 0 saturated heterocycles. The summed E-state index contributed by atoms with van der Waals surface area (Å²) < 4.78 is 0. The van der Waals surface area contributed by atoms with Crippen LogP contribution in [0.4, 0.5) is 0 Å². The standard InChI is InChI=1S/C20H15Cl/c21-17-10-8-14(9-11-17)12-15-5-3-7-19-18-6-2-1-4-16(18)13-20(15)19/h1-11H,12-13H2. The molecule has 0 fully saturated rings. The Labute approximate surface area is 130 Å². The minimum atomic E-state index is 0.796. The van der Waals surface area contributed by atoms with Crippen molar-refractivity contribution in [3.63, 3.8) is 0 Å². The molecule has 1 aliphatic rings. The smallest absolute Gasteiger partial charge is 0.0406 e. The van der Waals surface area contributed by atoms with Gasteiger partial charge in [-0.3, -0.25) is 0 Å². The molecule has 0 aromatic heterocycles. The molecule has 3 aromatic rings. The summed E-state index contributed by atoms with van der Waals surface area (Å²) in [6, 6.07) is 23.5. The molecular weight excluding hydrogens is 276 g/mol. The average Bonchev–Trinajstić information content (AvgIpc) is 2.89. The Morgan fingerprint density at radius 2 is 1.52 bits per heavy atom. The van der Waals surface area contributed by atoms with Crippen LogP contribution in [0.1, 0.15) is 22.3 Å². The fourth-order valence-corrected chi connectivity index (χ4v) is 3.34. The van der Waals surface area contributed by atoms with Crippen molar-refractivity contribution in [2.75, 3.05) is 0 Å². The molecule has 0 atom stereocenters. The van der Waals surface area contributed by atoms with E-state index in [9.17, 15) is 0 Å². The van der Waals surface area contributed by atoms with Gasteiger partial charge in [-0.1, -0.05) is 66.2 Å². The van der Waals surface area contributed by atoms with E-state index in [2.05, 4.69) is 54.6 Å². The van der Waals surface area contributed by atoms with Gasteiger partial charge in [0.15, 0.2) is 0 Å². The van der Waals surface area contributed by atoms with Crippen molar-refractivity contribution in [1.29, 1.82) is 0 Å². The second-order valence-corrected chi connectivity index (χ2v) is 6.02. The molecule has 0 bridgehead atoms. The number of rotatable bonds is 2. The van der Waals surface area contributed by atoms with Crippen molar-refractivity contribution in [2.45, 2.75) is 12.8 Å². The highest BCUT2D eigenvalue weighted by Gasteiger charge is 2.20. The van der Waals surface area contributed by atoms with E-state index < -0.39 is 0 Å². The molecule has 0 nitrogen and oxygen atoms in total. The van der Waals surface area contributed by atoms with E-state index in [1.807, 2.05) is 12.1 Å². The van der Waals surface area contributed by atoms with Gasteiger partial charge in [-0.05, 0) is 58.4 Å². The normalized spacial score (nSPS) is 12.0. The van der Waals surface area contributed by atoms with E-state index >= 15 is 0 Å². The van der Waals surface area contributed by atoms with Crippen molar-refractivity contribution in [1.82, 2.24) is 0 Å². The predicted molar refractivity (Wildman–Crippen MR) is 88.9 cm³/mol. The summed E-state index contributed by atoms with van der Waals surface area (Å²) in [6.07, 6.45) is 2.02. The molecule has 21 heavy (non-hydrogen) atoms. The van der Waals surface area contributed by atoms with Crippen LogP contribution in [0.15, 0.2) is 66.7 Å². The zero-order valence-electron chi connectivity index (χ0n) is 11.6. The molecule has 0 unspecified atom stereocenters. The maximum Gasteiger partial charge on any atom is 0.0406 e. The minimum absolute atomic E-state index is 0.796. The van der Waals surface area contributed by atoms with Crippen molar-refractivity contribution < 1.29 is 0 Å². The van der Waals surface area contributed by atoms with Crippen LogP contribution in [0.2, 0.25) is 5.02 Å². The predicted octanol–water partition coefficient (Wildman–Crippen LogP) is 5.50. The summed E-state index contributed by atoms with van der Waals surface area (Å²) >= 11 is 5.97. The van der Waals surface area contributed by atoms with Crippen molar-refractivity contribution in [2.24, 2.45) is 0 Å². The van der Waals surface area contributed by atoms with Crippen molar-refractivity contribution in [3.05, 3.63) is 94.0 Å². The van der Waals surface area contributed by atoms with Crippen LogP contribution in [-0.4, -0.2) is 0 Å². The van der Waals surface area contributed by atoms with Gasteiger partial charge in [0, 0.05) is 5.02 Å². The summed E-state index contributed by atoms with van der Waals surface area (Å²) in [6.45, 7) is 0. The minimum Gasteiger partial charge on any atom is -0.0843 e. The lowest BCUT2D eigenvalue weighted by atomic mass is 9.96. The fraction of sp³-hybridized carbons (Fsp3) is 0.100. The van der Waals surface area contributed by atoms with Gasteiger partial charge < -0.3 is 0 Å². The fourth-order valence-electron chi connectivity index (χ4n) is 3.21. The molecule has 0 amide bonds. The third kappa shape index (κ3) is 2.26. The molecule has 0 saturated carbocycles. The van der Waals surface area contributed by atoms with Crippen LogP contribution in [0.5, 0.6) is 0 Å². The molecule has 1 aliphatic carbocycles. The van der Waals surface area contributed by atoms with E-state index in [1.165, 1.54) is 33.4 Å². The van der Waals surface area contributed by atoms with Gasteiger partial charge in [-0.2, -0.15) is 0 Å². The number of fused-ring (bicyclic) bond motifs is 3. The van der Waals surface area contributed by atoms with E-state index in [-0.39, 0.29) is 0 Å². The molecule has 3 aromatic carbocycles. The Kier molecular flexibility index (Phi) is 3.05. The first-order valence-electron chi connectivity index (χ1n) is 7.25. The molecule has 1 heteroatoms. The van der Waals surface area contributed by atoms with E-state index in [0.717, 1.165) is 17.9 Å². The van der Waals surface area contributed by atoms with Crippen LogP contribution in [0, 0.1) is 0 Å². The first-order valence-corrected chi connectivity index (χ1v) is 7.62. The third-order valence-electron chi connectivity index (χ3n) is 4.26. The average molecular weight is 291 g/mol. The van der Waals surface area contributed by atoms with Crippen LogP contribution in [0.25, 0.3) is 11.1 Å². The van der Waals surface area contributed by atoms with Crippen LogP contribution in [-0.2, 0) is 12.8 Å². The monoisotopic (exact) mass is 290 g/mol. The quantitative estimate of drug-likeness (QED) is 0.457. The number of benzene rings is 3. The Hall–Kier alpha value is -2.05. The molecule has 0 heterocycles. The van der Waals surface area contributed by atoms with Crippen LogP contribution < -0.4 is 0 Å². The Balaban J connectivity index is 1.74. The van der Waals surface area contributed by atoms with E-state index in [0.29, 0.717) is 0 Å². The zero-order valence-corrected chi connectivity index (χ0v) is 12.4. The number of halogens is 1. The Morgan fingerprint density at radius 3 is 2.38 bits per heavy atom. The maximum atomic E-state index is 5.97. The molecule has 0 radical (unpaired) electrons. The Bertz CT molecular complexity index is 800. The van der Waals surface area contributed by atoms with Gasteiger partial charge in [0.25, 0.3) is 0 Å². The topological polar surface area (TPSA) is 0 Å². The Morgan fingerprint density at radius 1 is 0.762 bits per heavy atom. The highest BCUT2D eigenvalue weighted by atomic mass is 35.5. The summed E-state index contributed by atoms with van der Waals surface area (Å²) in [5.74, 6) is 0. The maximum absolute atomic E-state index is 5.97. The summed E-state index contributed by atoms with van der Waals surface area (Å²) in [4.78, 5) is 0. The third-order valence-corrected chi connectivity index (χ3v) is 4.51. The molecule has 0 spiro atoms. The summed E-state index contributed by atoms with van der Waals surface area (Å²) in [7, 11) is 0. The van der Waals surface area contributed by atoms with Gasteiger partial charge in [-0.15, -0.1) is 0 Å². The van der Waals surface area contributed by atoms with E-state index in [1.54, 1.807) is 0 Å². The van der Waals surface area contributed by atoms with Gasteiger partial charge >= 0.3 is 0 Å². The van der Waals surface area contributed by atoms with Crippen LogP contribution in [0.3, 0.4) is 0 Å². The second-order valence-electron chi connectivity index (χ2n) is 5.58. The summed E-state index contributed by atoms with van der Waals surface area (Å²) in [5.41, 5.74) is 8.45. The van der Waals surface area contributed by atoms with Gasteiger partial charge in [0.2, 0.25) is 0 Å². The lowest BCUT2D eigenvalue weighted by Gasteiger charge is -2.09. The lowest BCUT2D eigenvalue weighted by Crippen LogP contribution is -1.94. The molecule has 0 N–H and O–H groups in total. The highest BCUT2D eigenvalue weighted by molar-refractivity contribution is 6.30. The SMILES string of the molecule is Clc1ccc(Cc2cccc3c2Cc2ccccc2-3)cc1. The highest BCUT2D eigenvalue weighted by Crippen LogP contribution is 2.38. The second kappa shape index (κ2) is 5.05. The molecule has 102 valence electrons. The van der Waals surface area contributed by atoms with Crippen LogP contribution >= 0.6 is 11.6 Å². The molecule has 4 rings (SSSR count). The first kappa shape index (κ1) is 12.7. The molecule has 0 aliphatic heterocycles. The first-order chi connectivity index (χ1) is 10.3. The number of hydrogen-bond acceptors (Lipinski definition) is 0. The summed E-state index contributed by atoms with van der Waals surface area (Å²) in [5, 5.41) is 0.796. The zero-order chi connectivity index (χ0) is 14.2. The molecular formula is C20H15Cl. The number of hydrogen-bond donors (Lipinski definition) is 0. The largest absolute Gasteiger partial charge is 0.0843 e. The van der Waals surface area contributed by atoms with Gasteiger partial charge in [0.05, 0.1) is 0 Å². The lowest BCUT2D eigenvalue weighted by molar-refractivity contribution is 1.12. The van der Waals surface area contributed by atoms with Gasteiger partial charge in [0.1, 0.15) is 0 Å². The van der Waals surface area contributed by atoms with E-state index in [4.69, 9.17) is 11.6 Å². The van der Waals surface area contributed by atoms with Crippen molar-refractivity contribution in [3.8, 4) is 11.1 Å². The van der Waals surface area contributed by atoms with Crippen molar-refractivity contribution >= 4 is 11.6 Å². The van der Waals surface area contributed by atoms with Gasteiger partial charge in [-0.25, -0.2) is 0 Å².